The Morgan fingerprint density at radius 2 is 2.00 bits per heavy atom. The molecule has 10 heteroatoms. The van der Waals surface area contributed by atoms with Crippen LogP contribution in [0.25, 0.3) is 0 Å². The highest BCUT2D eigenvalue weighted by atomic mass is 32.2. The van der Waals surface area contributed by atoms with Crippen molar-refractivity contribution in [3.05, 3.63) is 66.7 Å². The number of nitrogens with zero attached hydrogens (tertiary/aromatic N) is 2. The van der Waals surface area contributed by atoms with Gasteiger partial charge in [0.1, 0.15) is 11.0 Å². The van der Waals surface area contributed by atoms with Gasteiger partial charge >= 0.3 is 0 Å². The van der Waals surface area contributed by atoms with Crippen molar-refractivity contribution < 1.29 is 22.7 Å². The van der Waals surface area contributed by atoms with E-state index in [4.69, 9.17) is 4.74 Å². The largest absolute Gasteiger partial charge is 0.497 e. The van der Waals surface area contributed by atoms with Crippen LogP contribution in [0.1, 0.15) is 12.0 Å². The van der Waals surface area contributed by atoms with Gasteiger partial charge in [-0.3, -0.25) is 14.5 Å². The third kappa shape index (κ3) is 5.57. The molecular weight excluding hydrogens is 450 g/mol. The normalized spacial score (nSPS) is 17.4. The Balaban J connectivity index is 1.78. The Kier molecular flexibility index (Phi) is 7.37. The summed E-state index contributed by atoms with van der Waals surface area (Å²) in [6.45, 7) is 5.55. The van der Waals surface area contributed by atoms with Gasteiger partial charge in [-0.1, -0.05) is 41.6 Å². The second kappa shape index (κ2) is 10.0. The van der Waals surface area contributed by atoms with Gasteiger partial charge < -0.3 is 10.1 Å². The zero-order chi connectivity index (χ0) is 23.3. The van der Waals surface area contributed by atoms with Crippen molar-refractivity contribution in [1.82, 2.24) is 4.90 Å². The molecule has 1 heterocycles. The molecule has 168 valence electrons. The molecule has 0 unspecified atom stereocenters. The van der Waals surface area contributed by atoms with E-state index in [0.29, 0.717) is 11.4 Å². The molecule has 1 fully saturated rings. The Morgan fingerprint density at radius 1 is 1.28 bits per heavy atom. The molecule has 0 saturated carbocycles. The van der Waals surface area contributed by atoms with Gasteiger partial charge in [-0.15, -0.1) is 11.0 Å². The number of sulfonamides is 1. The zero-order valence-corrected chi connectivity index (χ0v) is 19.3. The van der Waals surface area contributed by atoms with Crippen LogP contribution < -0.4 is 10.1 Å². The summed E-state index contributed by atoms with van der Waals surface area (Å²) in [7, 11) is -2.50. The number of methoxy groups -OCH3 is 1. The highest BCUT2D eigenvalue weighted by Gasteiger charge is 2.39. The molecule has 1 atom stereocenters. The summed E-state index contributed by atoms with van der Waals surface area (Å²) >= 11 is 0.952. The van der Waals surface area contributed by atoms with E-state index in [1.165, 1.54) is 30.2 Å². The van der Waals surface area contributed by atoms with E-state index < -0.39 is 21.2 Å². The maximum Gasteiger partial charge on any atom is 0.284 e. The Morgan fingerprint density at radius 3 is 2.66 bits per heavy atom. The van der Waals surface area contributed by atoms with Crippen molar-refractivity contribution in [2.24, 2.45) is 4.40 Å². The molecule has 2 amide bonds. The van der Waals surface area contributed by atoms with E-state index in [-0.39, 0.29) is 28.9 Å². The molecule has 0 spiro atoms. The van der Waals surface area contributed by atoms with Gasteiger partial charge in [-0.2, -0.15) is 8.42 Å². The first kappa shape index (κ1) is 23.6. The second-order valence-electron chi connectivity index (χ2n) is 6.99. The fourth-order valence-corrected chi connectivity index (χ4v) is 5.32. The molecule has 2 aromatic carbocycles. The SMILES string of the molecule is C=CCN1C(=O)[C@H](CC(=O)Nc2cccc(OC)c2)SC1=NS(=O)(=O)c1ccc(C)cc1. The van der Waals surface area contributed by atoms with Crippen LogP contribution in [0.4, 0.5) is 5.69 Å². The maximum absolute atomic E-state index is 12.8. The lowest BCUT2D eigenvalue weighted by atomic mass is 10.2. The van der Waals surface area contributed by atoms with Crippen molar-refractivity contribution in [1.29, 1.82) is 0 Å². The summed E-state index contributed by atoms with van der Waals surface area (Å²) in [5, 5.41) is 1.95. The third-order valence-corrected chi connectivity index (χ3v) is 7.15. The topological polar surface area (TPSA) is 105 Å². The predicted molar refractivity (Wildman–Crippen MR) is 125 cm³/mol. The smallest absolute Gasteiger partial charge is 0.284 e. The lowest BCUT2D eigenvalue weighted by molar-refractivity contribution is -0.127. The van der Waals surface area contributed by atoms with Crippen LogP contribution in [0.2, 0.25) is 0 Å². The van der Waals surface area contributed by atoms with E-state index in [1.54, 1.807) is 36.4 Å². The number of hydrogen-bond acceptors (Lipinski definition) is 6. The molecule has 0 aromatic heterocycles. The number of amidine groups is 1. The highest BCUT2D eigenvalue weighted by Crippen LogP contribution is 2.31. The second-order valence-corrected chi connectivity index (χ2v) is 9.76. The van der Waals surface area contributed by atoms with Crippen molar-refractivity contribution in [2.45, 2.75) is 23.5 Å². The number of carbonyl (C=O) groups is 2. The minimum atomic E-state index is -4.02. The van der Waals surface area contributed by atoms with Crippen molar-refractivity contribution >= 4 is 44.5 Å². The van der Waals surface area contributed by atoms with Gasteiger partial charge in [0.05, 0.1) is 12.0 Å². The first-order valence-electron chi connectivity index (χ1n) is 9.68. The number of nitrogens with one attached hydrogen (secondary N) is 1. The third-order valence-electron chi connectivity index (χ3n) is 4.57. The molecule has 3 rings (SSSR count). The molecular formula is C22H23N3O5S2. The Labute approximate surface area is 191 Å². The van der Waals surface area contributed by atoms with Gasteiger partial charge in [0.2, 0.25) is 11.8 Å². The molecule has 1 saturated heterocycles. The zero-order valence-electron chi connectivity index (χ0n) is 17.6. The number of thioether (sulfide) groups is 1. The van der Waals surface area contributed by atoms with E-state index in [9.17, 15) is 18.0 Å². The van der Waals surface area contributed by atoms with Gasteiger partial charge in [0.15, 0.2) is 5.17 Å². The molecule has 8 nitrogen and oxygen atoms in total. The number of anilines is 1. The molecule has 32 heavy (non-hydrogen) atoms. The standard InChI is InChI=1S/C22H23N3O5S2/c1-4-12-25-21(27)19(14-20(26)23-16-6-5-7-17(13-16)30-3)31-22(25)24-32(28,29)18-10-8-15(2)9-11-18/h4-11,13,19H,1,12,14H2,2-3H3,(H,23,26)/t19-/m0/s1. The first-order valence-corrected chi connectivity index (χ1v) is 12.0. The average Bonchev–Trinajstić information content (AvgIpc) is 3.02. The number of aryl methyl sites for hydroxylation is 1. The van der Waals surface area contributed by atoms with E-state index in [0.717, 1.165) is 17.3 Å². The summed E-state index contributed by atoms with van der Waals surface area (Å²) in [5.41, 5.74) is 1.45. The number of benzene rings is 2. The van der Waals surface area contributed by atoms with Crippen molar-refractivity contribution in [3.63, 3.8) is 0 Å². The summed E-state index contributed by atoms with van der Waals surface area (Å²) in [4.78, 5) is 26.6. The number of amides is 2. The average molecular weight is 474 g/mol. The maximum atomic E-state index is 12.8. The van der Waals surface area contributed by atoms with Crippen molar-refractivity contribution in [3.8, 4) is 5.75 Å². The first-order chi connectivity index (χ1) is 15.2. The van der Waals surface area contributed by atoms with Crippen molar-refractivity contribution in [2.75, 3.05) is 19.0 Å². The van der Waals surface area contributed by atoms with Gasteiger partial charge in [0.25, 0.3) is 10.0 Å². The fourth-order valence-electron chi connectivity index (χ4n) is 2.95. The van der Waals surface area contributed by atoms with E-state index >= 15 is 0 Å². The van der Waals surface area contributed by atoms with Gasteiger partial charge in [-0.05, 0) is 31.2 Å². The number of rotatable bonds is 8. The Hall–Kier alpha value is -3.11. The van der Waals surface area contributed by atoms with E-state index in [1.807, 2.05) is 6.92 Å². The summed E-state index contributed by atoms with van der Waals surface area (Å²) in [6, 6.07) is 13.1. The minimum Gasteiger partial charge on any atom is -0.497 e. The number of hydrogen-bond donors (Lipinski definition) is 1. The monoisotopic (exact) mass is 473 g/mol. The van der Waals surface area contributed by atoms with Crippen LogP contribution in [0.3, 0.4) is 0 Å². The summed E-state index contributed by atoms with van der Waals surface area (Å²) in [6.07, 6.45) is 1.34. The van der Waals surface area contributed by atoms with Crippen LogP contribution in [0, 0.1) is 6.92 Å². The van der Waals surface area contributed by atoms with Gasteiger partial charge in [-0.25, -0.2) is 0 Å². The molecule has 1 aliphatic heterocycles. The molecule has 1 aliphatic rings. The van der Waals surface area contributed by atoms with Crippen LogP contribution >= 0.6 is 11.8 Å². The highest BCUT2D eigenvalue weighted by molar-refractivity contribution is 8.16. The molecule has 0 bridgehead atoms. The molecule has 1 N–H and O–H groups in total. The summed E-state index contributed by atoms with van der Waals surface area (Å²) in [5.74, 6) is -0.194. The van der Waals surface area contributed by atoms with Crippen LogP contribution in [-0.4, -0.2) is 49.2 Å². The summed E-state index contributed by atoms with van der Waals surface area (Å²) < 4.78 is 34.5. The number of carbonyl (C=O) groups excluding carboxylic acids is 2. The van der Waals surface area contributed by atoms with Crippen LogP contribution in [0.15, 0.2) is 70.5 Å². The van der Waals surface area contributed by atoms with Crippen LogP contribution in [-0.2, 0) is 19.6 Å². The quantitative estimate of drug-likeness (QED) is 0.591. The molecule has 0 aliphatic carbocycles. The lowest BCUT2D eigenvalue weighted by Crippen LogP contribution is -2.33. The van der Waals surface area contributed by atoms with Crippen LogP contribution in [0.5, 0.6) is 5.75 Å². The van der Waals surface area contributed by atoms with E-state index in [2.05, 4.69) is 16.3 Å². The van der Waals surface area contributed by atoms with Gasteiger partial charge in [0, 0.05) is 24.7 Å². The Bertz CT molecular complexity index is 1160. The molecule has 2 aromatic rings. The fraction of sp³-hybridized carbons (Fsp3) is 0.227. The number of ether oxygens (including phenoxy) is 1. The minimum absolute atomic E-state index is 0.0228. The molecule has 0 radical (unpaired) electrons. The lowest BCUT2D eigenvalue weighted by Gasteiger charge is -2.13. The predicted octanol–water partition coefficient (Wildman–Crippen LogP) is 3.21.